The number of hydrogen-bond acceptors (Lipinski definition) is 4. The van der Waals surface area contributed by atoms with Crippen LogP contribution < -0.4 is 10.6 Å². The lowest BCUT2D eigenvalue weighted by atomic mass is 10.1. The SMILES string of the molecule is O=C(NCCC1CC1(F)F)Nc1ccc(F)cc1-c1nc(C2CC2)no1. The molecule has 26 heavy (non-hydrogen) atoms. The second-order valence-electron chi connectivity index (χ2n) is 6.75. The van der Waals surface area contributed by atoms with E-state index in [2.05, 4.69) is 20.8 Å². The molecule has 1 unspecified atom stereocenters. The van der Waals surface area contributed by atoms with E-state index in [1.54, 1.807) is 0 Å². The Bertz CT molecular complexity index is 835. The Morgan fingerprint density at radius 2 is 2.12 bits per heavy atom. The van der Waals surface area contributed by atoms with Gasteiger partial charge in [0.25, 0.3) is 11.8 Å². The summed E-state index contributed by atoms with van der Waals surface area (Å²) in [4.78, 5) is 16.3. The zero-order valence-electron chi connectivity index (χ0n) is 13.8. The van der Waals surface area contributed by atoms with Crippen LogP contribution in [0.5, 0.6) is 0 Å². The summed E-state index contributed by atoms with van der Waals surface area (Å²) < 4.78 is 44.5. The van der Waals surface area contributed by atoms with Gasteiger partial charge in [-0.1, -0.05) is 5.16 Å². The minimum Gasteiger partial charge on any atom is -0.338 e. The molecule has 2 fully saturated rings. The lowest BCUT2D eigenvalue weighted by molar-refractivity contribution is 0.0971. The van der Waals surface area contributed by atoms with Gasteiger partial charge in [0.15, 0.2) is 5.82 Å². The maximum absolute atomic E-state index is 13.6. The number of amides is 2. The van der Waals surface area contributed by atoms with E-state index >= 15 is 0 Å². The van der Waals surface area contributed by atoms with Gasteiger partial charge in [-0.2, -0.15) is 4.98 Å². The number of carbonyl (C=O) groups is 1. The number of hydrogen-bond donors (Lipinski definition) is 2. The van der Waals surface area contributed by atoms with Crippen molar-refractivity contribution in [1.82, 2.24) is 15.5 Å². The summed E-state index contributed by atoms with van der Waals surface area (Å²) in [5, 5.41) is 8.98. The van der Waals surface area contributed by atoms with Crippen molar-refractivity contribution in [3.8, 4) is 11.5 Å². The first-order valence-electron chi connectivity index (χ1n) is 8.48. The zero-order chi connectivity index (χ0) is 18.3. The number of alkyl halides is 2. The summed E-state index contributed by atoms with van der Waals surface area (Å²) in [6, 6.07) is 3.22. The quantitative estimate of drug-likeness (QED) is 0.812. The summed E-state index contributed by atoms with van der Waals surface area (Å²) in [5.74, 6) is -2.79. The third-order valence-corrected chi connectivity index (χ3v) is 4.58. The first-order valence-corrected chi connectivity index (χ1v) is 8.48. The van der Waals surface area contributed by atoms with E-state index in [9.17, 15) is 18.0 Å². The fraction of sp³-hybridized carbons (Fsp3) is 0.471. The Balaban J connectivity index is 1.41. The molecule has 1 heterocycles. The van der Waals surface area contributed by atoms with Gasteiger partial charge in [-0.15, -0.1) is 0 Å². The summed E-state index contributed by atoms with van der Waals surface area (Å²) in [6.07, 6.45) is 2.08. The Kier molecular flexibility index (Phi) is 4.08. The van der Waals surface area contributed by atoms with E-state index in [4.69, 9.17) is 4.52 Å². The number of aromatic nitrogens is 2. The Morgan fingerprint density at radius 3 is 2.81 bits per heavy atom. The fourth-order valence-electron chi connectivity index (χ4n) is 2.76. The Morgan fingerprint density at radius 1 is 1.35 bits per heavy atom. The first-order chi connectivity index (χ1) is 12.4. The number of nitrogens with one attached hydrogen (secondary N) is 2. The minimum absolute atomic E-state index is 0.124. The monoisotopic (exact) mass is 366 g/mol. The molecule has 2 amide bonds. The first kappa shape index (κ1) is 16.9. The van der Waals surface area contributed by atoms with E-state index in [0.29, 0.717) is 11.5 Å². The van der Waals surface area contributed by atoms with Crippen LogP contribution in [0.25, 0.3) is 11.5 Å². The highest BCUT2D eigenvalue weighted by atomic mass is 19.3. The van der Waals surface area contributed by atoms with Crippen molar-refractivity contribution in [2.75, 3.05) is 11.9 Å². The third kappa shape index (κ3) is 3.66. The topological polar surface area (TPSA) is 80.0 Å². The average Bonchev–Trinajstić information content (AvgIpc) is 3.48. The van der Waals surface area contributed by atoms with Crippen molar-refractivity contribution < 1.29 is 22.5 Å². The van der Waals surface area contributed by atoms with Gasteiger partial charge in [-0.3, -0.25) is 0 Å². The van der Waals surface area contributed by atoms with Crippen molar-refractivity contribution in [3.63, 3.8) is 0 Å². The van der Waals surface area contributed by atoms with Gasteiger partial charge in [0.1, 0.15) is 5.82 Å². The van der Waals surface area contributed by atoms with Crippen LogP contribution in [0, 0.1) is 11.7 Å². The van der Waals surface area contributed by atoms with E-state index in [1.807, 2.05) is 0 Å². The van der Waals surface area contributed by atoms with Crippen LogP contribution in [0.3, 0.4) is 0 Å². The normalized spacial score (nSPS) is 20.7. The molecule has 4 rings (SSSR count). The predicted molar refractivity (Wildman–Crippen MR) is 86.4 cm³/mol. The highest BCUT2D eigenvalue weighted by Crippen LogP contribution is 2.50. The second-order valence-corrected chi connectivity index (χ2v) is 6.75. The second kappa shape index (κ2) is 6.30. The molecule has 0 radical (unpaired) electrons. The van der Waals surface area contributed by atoms with Crippen LogP contribution in [-0.2, 0) is 0 Å². The van der Waals surface area contributed by atoms with Crippen LogP contribution in [0.2, 0.25) is 0 Å². The predicted octanol–water partition coefficient (Wildman–Crippen LogP) is 3.92. The van der Waals surface area contributed by atoms with E-state index in [-0.39, 0.29) is 36.8 Å². The number of anilines is 1. The maximum atomic E-state index is 13.6. The maximum Gasteiger partial charge on any atom is 0.319 e. The highest BCUT2D eigenvalue weighted by Gasteiger charge is 2.55. The average molecular weight is 366 g/mol. The molecule has 0 aliphatic heterocycles. The number of halogens is 3. The zero-order valence-corrected chi connectivity index (χ0v) is 13.8. The molecule has 138 valence electrons. The lowest BCUT2D eigenvalue weighted by Crippen LogP contribution is -2.30. The fourth-order valence-corrected chi connectivity index (χ4v) is 2.76. The van der Waals surface area contributed by atoms with Gasteiger partial charge < -0.3 is 15.2 Å². The molecular weight excluding hydrogens is 349 g/mol. The molecule has 1 aromatic carbocycles. The largest absolute Gasteiger partial charge is 0.338 e. The number of benzene rings is 1. The number of urea groups is 1. The van der Waals surface area contributed by atoms with Gasteiger partial charge in [0.2, 0.25) is 0 Å². The van der Waals surface area contributed by atoms with E-state index in [1.165, 1.54) is 18.2 Å². The molecule has 2 saturated carbocycles. The minimum atomic E-state index is -2.60. The summed E-state index contributed by atoms with van der Waals surface area (Å²) in [6.45, 7) is 0.134. The molecule has 2 aliphatic rings. The molecule has 1 atom stereocenters. The van der Waals surface area contributed by atoms with Crippen molar-refractivity contribution in [2.24, 2.45) is 5.92 Å². The van der Waals surface area contributed by atoms with E-state index in [0.717, 1.165) is 12.8 Å². The molecule has 0 spiro atoms. The standard InChI is InChI=1S/C17H17F3N4O2/c18-11-3-4-13(22-16(25)21-6-5-10-8-17(10,19)20)12(7-11)15-23-14(24-26-15)9-1-2-9/h3-4,7,9-10H,1-2,5-6,8H2,(H2,21,22,25). The molecule has 2 N–H and O–H groups in total. The molecule has 0 bridgehead atoms. The van der Waals surface area contributed by atoms with Crippen LogP contribution >= 0.6 is 0 Å². The summed E-state index contributed by atoms with van der Waals surface area (Å²) >= 11 is 0. The van der Waals surface area contributed by atoms with Gasteiger partial charge in [0, 0.05) is 24.8 Å². The molecule has 9 heteroatoms. The van der Waals surface area contributed by atoms with Gasteiger partial charge in [-0.05, 0) is 37.5 Å². The molecule has 6 nitrogen and oxygen atoms in total. The van der Waals surface area contributed by atoms with Crippen molar-refractivity contribution in [3.05, 3.63) is 29.8 Å². The Hall–Kier alpha value is -2.58. The van der Waals surface area contributed by atoms with Crippen molar-refractivity contribution in [1.29, 1.82) is 0 Å². The lowest BCUT2D eigenvalue weighted by Gasteiger charge is -2.10. The number of carbonyl (C=O) groups excluding carboxylic acids is 1. The smallest absolute Gasteiger partial charge is 0.319 e. The van der Waals surface area contributed by atoms with Gasteiger partial charge in [-0.25, -0.2) is 18.0 Å². The van der Waals surface area contributed by atoms with Gasteiger partial charge >= 0.3 is 6.03 Å². The molecular formula is C17H17F3N4O2. The molecule has 2 aromatic rings. The van der Waals surface area contributed by atoms with Crippen LogP contribution in [0.4, 0.5) is 23.7 Å². The van der Waals surface area contributed by atoms with Crippen LogP contribution in [-0.4, -0.2) is 28.6 Å². The van der Waals surface area contributed by atoms with Crippen LogP contribution in [0.15, 0.2) is 22.7 Å². The number of nitrogens with zero attached hydrogens (tertiary/aromatic N) is 2. The summed E-state index contributed by atoms with van der Waals surface area (Å²) in [7, 11) is 0. The number of rotatable bonds is 6. The molecule has 1 aromatic heterocycles. The van der Waals surface area contributed by atoms with Gasteiger partial charge in [0.05, 0.1) is 11.3 Å². The Labute approximate surface area is 147 Å². The summed E-state index contributed by atoms with van der Waals surface area (Å²) in [5.41, 5.74) is 0.569. The molecule has 2 aliphatic carbocycles. The highest BCUT2D eigenvalue weighted by molar-refractivity contribution is 5.93. The van der Waals surface area contributed by atoms with Crippen molar-refractivity contribution in [2.45, 2.75) is 37.5 Å². The van der Waals surface area contributed by atoms with E-state index < -0.39 is 23.7 Å². The van der Waals surface area contributed by atoms with Crippen LogP contribution in [0.1, 0.15) is 37.4 Å². The third-order valence-electron chi connectivity index (χ3n) is 4.58. The van der Waals surface area contributed by atoms with Crippen molar-refractivity contribution >= 4 is 11.7 Å². The molecule has 0 saturated heterocycles.